The summed E-state index contributed by atoms with van der Waals surface area (Å²) < 4.78 is 8.61. The van der Waals surface area contributed by atoms with Crippen LogP contribution in [0.5, 0.6) is 11.6 Å². The number of hydrogen-bond acceptors (Lipinski definition) is 3. The van der Waals surface area contributed by atoms with Crippen LogP contribution in [-0.2, 0) is 0 Å². The Hall–Kier alpha value is -5.48. The highest BCUT2D eigenvalue weighted by atomic mass is 16.5. The van der Waals surface area contributed by atoms with Crippen molar-refractivity contribution in [3.8, 4) is 39.7 Å². The summed E-state index contributed by atoms with van der Waals surface area (Å²) in [5.41, 5.74) is 8.68. The van der Waals surface area contributed by atoms with Crippen molar-refractivity contribution < 1.29 is 4.74 Å². The van der Waals surface area contributed by atoms with Gasteiger partial charge < -0.3 is 9.30 Å². The van der Waals surface area contributed by atoms with Crippen LogP contribution in [0.3, 0.4) is 0 Å². The van der Waals surface area contributed by atoms with Gasteiger partial charge in [0.25, 0.3) is 0 Å². The number of nitrogens with zero attached hydrogens (tertiary/aromatic N) is 3. The van der Waals surface area contributed by atoms with Gasteiger partial charge in [-0.1, -0.05) is 66.7 Å². The summed E-state index contributed by atoms with van der Waals surface area (Å²) in [4.78, 5) is 9.67. The normalized spacial score (nSPS) is 12.2. The molecule has 0 N–H and O–H groups in total. The summed E-state index contributed by atoms with van der Waals surface area (Å²) >= 11 is 0. The maximum absolute atomic E-state index is 6.25. The van der Waals surface area contributed by atoms with Crippen LogP contribution < -0.4 is 4.74 Å². The van der Waals surface area contributed by atoms with E-state index in [0.717, 1.165) is 55.5 Å². The molecule has 186 valence electrons. The highest BCUT2D eigenvalue weighted by Crippen LogP contribution is 2.46. The lowest BCUT2D eigenvalue weighted by Crippen LogP contribution is -2.01. The fourth-order valence-electron chi connectivity index (χ4n) is 6.24. The van der Waals surface area contributed by atoms with Gasteiger partial charge in [0, 0.05) is 39.0 Å². The molecular formula is C36H21N3O. The van der Waals surface area contributed by atoms with Gasteiger partial charge in [0.05, 0.1) is 27.6 Å². The van der Waals surface area contributed by atoms with Crippen molar-refractivity contribution in [2.24, 2.45) is 0 Å². The molecule has 0 aliphatic carbocycles. The molecule has 0 fully saturated rings. The monoisotopic (exact) mass is 511 g/mol. The minimum atomic E-state index is 0.617. The number of fused-ring (bicyclic) bond motifs is 7. The van der Waals surface area contributed by atoms with E-state index in [1.54, 1.807) is 0 Å². The second-order valence-corrected chi connectivity index (χ2v) is 10.2. The molecule has 4 nitrogen and oxygen atoms in total. The zero-order valence-corrected chi connectivity index (χ0v) is 21.4. The fourth-order valence-corrected chi connectivity index (χ4v) is 6.24. The molecule has 4 heteroatoms. The maximum Gasteiger partial charge on any atom is 0.229 e. The van der Waals surface area contributed by atoms with E-state index in [9.17, 15) is 0 Å². The van der Waals surface area contributed by atoms with Crippen molar-refractivity contribution >= 4 is 43.5 Å². The Morgan fingerprint density at radius 3 is 2.30 bits per heavy atom. The lowest BCUT2D eigenvalue weighted by Gasteiger charge is -2.20. The molecule has 3 aromatic heterocycles. The Balaban J connectivity index is 1.29. The van der Waals surface area contributed by atoms with Crippen molar-refractivity contribution in [2.75, 3.05) is 0 Å². The molecule has 0 spiro atoms. The number of rotatable bonds is 2. The molecule has 9 rings (SSSR count). The molecule has 0 radical (unpaired) electrons. The van der Waals surface area contributed by atoms with E-state index in [-0.39, 0.29) is 0 Å². The van der Waals surface area contributed by atoms with E-state index >= 15 is 0 Å². The molecular weight excluding hydrogens is 490 g/mol. The summed E-state index contributed by atoms with van der Waals surface area (Å²) in [6.45, 7) is 0. The molecule has 8 aromatic rings. The van der Waals surface area contributed by atoms with Crippen LogP contribution in [0.15, 0.2) is 128 Å². The Morgan fingerprint density at radius 1 is 0.575 bits per heavy atom. The smallest absolute Gasteiger partial charge is 0.229 e. The predicted molar refractivity (Wildman–Crippen MR) is 162 cm³/mol. The highest BCUT2D eigenvalue weighted by Gasteiger charge is 2.23. The van der Waals surface area contributed by atoms with Crippen LogP contribution >= 0.6 is 0 Å². The van der Waals surface area contributed by atoms with Gasteiger partial charge in [-0.15, -0.1) is 0 Å². The van der Waals surface area contributed by atoms with Gasteiger partial charge in [0.2, 0.25) is 5.88 Å². The first-order valence-corrected chi connectivity index (χ1v) is 13.4. The minimum Gasteiger partial charge on any atom is -0.438 e. The topological polar surface area (TPSA) is 39.9 Å². The van der Waals surface area contributed by atoms with Crippen LogP contribution in [0, 0.1) is 0 Å². The molecule has 1 aliphatic heterocycles. The molecule has 0 saturated heterocycles. The Labute approximate surface area is 229 Å². The van der Waals surface area contributed by atoms with E-state index in [0.29, 0.717) is 5.88 Å². The Kier molecular flexibility index (Phi) is 4.30. The molecule has 0 amide bonds. The van der Waals surface area contributed by atoms with Gasteiger partial charge in [0.15, 0.2) is 0 Å². The first kappa shape index (κ1) is 21.5. The fraction of sp³-hybridized carbons (Fsp3) is 0. The van der Waals surface area contributed by atoms with Crippen molar-refractivity contribution in [1.82, 2.24) is 14.5 Å². The molecule has 1 aliphatic rings. The van der Waals surface area contributed by atoms with Crippen molar-refractivity contribution in [3.63, 3.8) is 0 Å². The molecule has 0 saturated carbocycles. The zero-order valence-electron chi connectivity index (χ0n) is 21.4. The van der Waals surface area contributed by atoms with Gasteiger partial charge >= 0.3 is 0 Å². The van der Waals surface area contributed by atoms with E-state index in [1.807, 2.05) is 24.4 Å². The summed E-state index contributed by atoms with van der Waals surface area (Å²) in [6.07, 6.45) is 1.89. The van der Waals surface area contributed by atoms with E-state index < -0.39 is 0 Å². The summed E-state index contributed by atoms with van der Waals surface area (Å²) in [5, 5.41) is 5.65. The molecule has 0 atom stereocenters. The van der Waals surface area contributed by atoms with Gasteiger partial charge in [-0.3, -0.25) is 4.98 Å². The van der Waals surface area contributed by atoms with Gasteiger partial charge in [0.1, 0.15) is 5.75 Å². The average Bonchev–Trinajstić information content (AvgIpc) is 3.35. The third kappa shape index (κ3) is 2.96. The number of aromatic nitrogens is 3. The van der Waals surface area contributed by atoms with Crippen molar-refractivity contribution in [1.29, 1.82) is 0 Å². The number of ether oxygens (including phenoxy) is 1. The minimum absolute atomic E-state index is 0.617. The predicted octanol–water partition coefficient (Wildman–Crippen LogP) is 9.32. The second kappa shape index (κ2) is 8.01. The summed E-state index contributed by atoms with van der Waals surface area (Å²) in [7, 11) is 0. The third-order valence-electron chi connectivity index (χ3n) is 8.04. The molecule has 4 heterocycles. The second-order valence-electron chi connectivity index (χ2n) is 10.2. The summed E-state index contributed by atoms with van der Waals surface area (Å²) in [6, 6.07) is 42.6. The Bertz CT molecular complexity index is 2300. The number of pyridine rings is 2. The standard InChI is InChI=1S/C36H21N3O/c1-2-8-24(9-3-1)39-31-12-6-4-10-25(31)26-16-14-23(21-32(26)39)22-15-17-30-29(20-22)27-18-19-37-35-28-11-5-7-13-33(28)40-36(38-30)34(27)35/h1-21H. The lowest BCUT2D eigenvalue weighted by molar-refractivity contribution is 0.469. The van der Waals surface area contributed by atoms with E-state index in [2.05, 4.69) is 108 Å². The third-order valence-corrected chi connectivity index (χ3v) is 8.04. The average molecular weight is 512 g/mol. The Morgan fingerprint density at radius 2 is 1.35 bits per heavy atom. The van der Waals surface area contributed by atoms with Gasteiger partial charge in [-0.2, -0.15) is 0 Å². The zero-order chi connectivity index (χ0) is 26.2. The SMILES string of the molecule is c1ccc(-n2c3ccccc3c3ccc(-c4ccc5nc6c7c(nccc7c5c4)-c4ccccc4O6)cc32)cc1. The maximum atomic E-state index is 6.25. The van der Waals surface area contributed by atoms with Crippen molar-refractivity contribution in [2.45, 2.75) is 0 Å². The first-order chi connectivity index (χ1) is 19.8. The van der Waals surface area contributed by atoms with Gasteiger partial charge in [-0.25, -0.2) is 4.98 Å². The molecule has 5 aromatic carbocycles. The van der Waals surface area contributed by atoms with Crippen LogP contribution in [0.1, 0.15) is 0 Å². The van der Waals surface area contributed by atoms with Crippen LogP contribution in [0.4, 0.5) is 0 Å². The quantitative estimate of drug-likeness (QED) is 0.217. The van der Waals surface area contributed by atoms with Crippen LogP contribution in [0.25, 0.3) is 71.6 Å². The summed E-state index contributed by atoms with van der Waals surface area (Å²) in [5.74, 6) is 1.41. The first-order valence-electron chi connectivity index (χ1n) is 13.4. The molecule has 0 unspecified atom stereocenters. The largest absolute Gasteiger partial charge is 0.438 e. The number of hydrogen-bond donors (Lipinski definition) is 0. The number of benzene rings is 5. The van der Waals surface area contributed by atoms with Gasteiger partial charge in [-0.05, 0) is 65.7 Å². The van der Waals surface area contributed by atoms with E-state index in [1.165, 1.54) is 21.8 Å². The number of para-hydroxylation sites is 3. The van der Waals surface area contributed by atoms with Crippen LogP contribution in [-0.4, -0.2) is 14.5 Å². The highest BCUT2D eigenvalue weighted by molar-refractivity contribution is 6.14. The molecule has 0 bridgehead atoms. The van der Waals surface area contributed by atoms with Crippen LogP contribution in [0.2, 0.25) is 0 Å². The van der Waals surface area contributed by atoms with E-state index in [4.69, 9.17) is 14.7 Å². The molecule has 40 heavy (non-hydrogen) atoms. The lowest BCUT2D eigenvalue weighted by atomic mass is 9.96. The van der Waals surface area contributed by atoms with Crippen molar-refractivity contribution in [3.05, 3.63) is 128 Å².